The summed E-state index contributed by atoms with van der Waals surface area (Å²) >= 11 is 16.1. The minimum absolute atomic E-state index is 0.0661. The number of nitrogens with one attached hydrogen (secondary N) is 2. The molecule has 0 fully saturated rings. The number of hydrogen-bond donors (Lipinski definition) is 3. The number of carbonyl (C=O) groups is 3. The summed E-state index contributed by atoms with van der Waals surface area (Å²) < 4.78 is 11.5. The van der Waals surface area contributed by atoms with Crippen molar-refractivity contribution >= 4 is 83.2 Å². The van der Waals surface area contributed by atoms with E-state index in [-0.39, 0.29) is 27.8 Å². The lowest BCUT2D eigenvalue weighted by atomic mass is 10.1. The fourth-order valence-electron chi connectivity index (χ4n) is 2.88. The molecule has 0 aliphatic heterocycles. The van der Waals surface area contributed by atoms with Crippen molar-refractivity contribution in [3.63, 3.8) is 0 Å². The first-order chi connectivity index (χ1) is 17.1. The number of aliphatic hydroxyl groups is 1. The Labute approximate surface area is 234 Å². The van der Waals surface area contributed by atoms with Crippen LogP contribution in [0.5, 0.6) is 0 Å². The third kappa shape index (κ3) is 6.22. The molecule has 1 atom stereocenters. The average molecular weight is 712 g/mol. The second-order valence-corrected chi connectivity index (χ2v) is 9.68. The van der Waals surface area contributed by atoms with Crippen LogP contribution in [0.4, 0.5) is 15.3 Å². The maximum absolute atomic E-state index is 13.3. The predicted octanol–water partition coefficient (Wildman–Crippen LogP) is 4.79. The first-order valence-electron chi connectivity index (χ1n) is 9.64. The van der Waals surface area contributed by atoms with Crippen LogP contribution in [-0.2, 0) is 9.47 Å². The summed E-state index contributed by atoms with van der Waals surface area (Å²) in [5.74, 6) is -0.414. The monoisotopic (exact) mass is 708 g/mol. The lowest BCUT2D eigenvalue weighted by Crippen LogP contribution is -2.48. The molecule has 0 spiro atoms. The fourth-order valence-corrected chi connectivity index (χ4v) is 4.82. The maximum Gasteiger partial charge on any atom is 0.434 e. The van der Waals surface area contributed by atoms with Gasteiger partial charge < -0.3 is 19.9 Å². The lowest BCUT2D eigenvalue weighted by molar-refractivity contribution is 0.0264. The first-order valence-corrected chi connectivity index (χ1v) is 12.4. The van der Waals surface area contributed by atoms with Gasteiger partial charge in [-0.1, -0.05) is 27.5 Å². The molecule has 190 valence electrons. The van der Waals surface area contributed by atoms with E-state index in [9.17, 15) is 19.5 Å². The van der Waals surface area contributed by atoms with Crippen LogP contribution >= 0.6 is 59.4 Å². The van der Waals surface area contributed by atoms with Crippen LogP contribution in [0, 0.1) is 0 Å². The number of hydrogen-bond acceptors (Lipinski definition) is 9. The van der Waals surface area contributed by atoms with Gasteiger partial charge in [0.25, 0.3) is 5.91 Å². The molecule has 2 aromatic heterocycles. The topological polar surface area (TPSA) is 148 Å². The highest BCUT2D eigenvalue weighted by molar-refractivity contribution is 9.11. The molecule has 3 rings (SSSR count). The van der Waals surface area contributed by atoms with E-state index < -0.39 is 24.3 Å². The number of pyridine rings is 1. The molecule has 0 radical (unpaired) electrons. The van der Waals surface area contributed by atoms with E-state index in [0.717, 1.165) is 14.2 Å². The van der Waals surface area contributed by atoms with E-state index in [4.69, 9.17) is 11.6 Å². The number of aliphatic hydroxyl groups excluding tert-OH is 1. The van der Waals surface area contributed by atoms with Gasteiger partial charge in [0.05, 0.1) is 24.9 Å². The Morgan fingerprint density at radius 3 is 2.42 bits per heavy atom. The van der Waals surface area contributed by atoms with Gasteiger partial charge in [-0.2, -0.15) is 10.5 Å². The Balaban J connectivity index is 1.99. The van der Waals surface area contributed by atoms with Gasteiger partial charge in [0.15, 0.2) is 5.82 Å². The van der Waals surface area contributed by atoms with Gasteiger partial charge in [0.1, 0.15) is 16.5 Å². The second-order valence-electron chi connectivity index (χ2n) is 6.69. The molecule has 0 bridgehead atoms. The zero-order valence-corrected chi connectivity index (χ0v) is 23.8. The summed E-state index contributed by atoms with van der Waals surface area (Å²) in [5, 5.41) is 18.4. The highest BCUT2D eigenvalue weighted by Gasteiger charge is 2.29. The zero-order valence-electron chi connectivity index (χ0n) is 18.3. The molecule has 0 aliphatic carbocycles. The molecule has 12 nitrogen and oxygen atoms in total. The van der Waals surface area contributed by atoms with Crippen LogP contribution in [0.15, 0.2) is 50.1 Å². The van der Waals surface area contributed by atoms with Crippen molar-refractivity contribution in [3.8, 4) is 5.82 Å². The standard InChI is InChI=1S/C20H16Br3ClN6O6/c1-35-19(33)30(20(34)36-2)28-17(31)10-6-9(21)7-11(22)15(10)26-18(32)13-8-14(23)27-29(13)16-12(24)4-3-5-25-16/h3-8,17,28,31H,1-2H3,(H,26,32). The predicted molar refractivity (Wildman–Crippen MR) is 139 cm³/mol. The van der Waals surface area contributed by atoms with E-state index in [1.54, 1.807) is 18.2 Å². The number of rotatable bonds is 6. The Bertz CT molecular complexity index is 1310. The van der Waals surface area contributed by atoms with Gasteiger partial charge in [0, 0.05) is 26.8 Å². The zero-order chi connectivity index (χ0) is 26.6. The highest BCUT2D eigenvalue weighted by atomic mass is 79.9. The van der Waals surface area contributed by atoms with Gasteiger partial charge >= 0.3 is 12.2 Å². The summed E-state index contributed by atoms with van der Waals surface area (Å²) in [4.78, 5) is 41.4. The van der Waals surface area contributed by atoms with Crippen molar-refractivity contribution in [3.05, 3.63) is 66.4 Å². The molecular weight excluding hydrogens is 695 g/mol. The Hall–Kier alpha value is -2.56. The molecule has 36 heavy (non-hydrogen) atoms. The van der Waals surface area contributed by atoms with E-state index in [2.05, 4.69) is 78.1 Å². The minimum atomic E-state index is -1.69. The number of nitrogens with zero attached hydrogens (tertiary/aromatic N) is 4. The van der Waals surface area contributed by atoms with E-state index in [1.807, 2.05) is 0 Å². The van der Waals surface area contributed by atoms with E-state index in [0.29, 0.717) is 18.6 Å². The number of hydrazine groups is 1. The van der Waals surface area contributed by atoms with Crippen LogP contribution in [-0.4, -0.2) is 57.2 Å². The SMILES string of the molecule is COC(=O)N(NC(O)c1cc(Br)cc(Br)c1NC(=O)c1cc(Br)nn1-c1ncccc1Cl)C(=O)OC. The molecule has 1 aromatic carbocycles. The summed E-state index contributed by atoms with van der Waals surface area (Å²) in [6.07, 6.45) is -2.46. The van der Waals surface area contributed by atoms with E-state index >= 15 is 0 Å². The second kappa shape index (κ2) is 12.1. The smallest absolute Gasteiger partial charge is 0.434 e. The molecule has 0 saturated carbocycles. The summed E-state index contributed by atoms with van der Waals surface area (Å²) in [6.45, 7) is 0. The Morgan fingerprint density at radius 1 is 1.14 bits per heavy atom. The number of halogens is 4. The number of methoxy groups -OCH3 is 2. The number of ether oxygens (including phenoxy) is 2. The minimum Gasteiger partial charge on any atom is -0.451 e. The van der Waals surface area contributed by atoms with Crippen LogP contribution in [0.1, 0.15) is 22.3 Å². The number of amides is 3. The van der Waals surface area contributed by atoms with Crippen LogP contribution in [0.3, 0.4) is 0 Å². The number of benzene rings is 1. The lowest BCUT2D eigenvalue weighted by Gasteiger charge is -2.24. The van der Waals surface area contributed by atoms with Crippen LogP contribution < -0.4 is 10.7 Å². The number of anilines is 1. The summed E-state index contributed by atoms with van der Waals surface area (Å²) in [5.41, 5.74) is 2.54. The van der Waals surface area contributed by atoms with Gasteiger partial charge in [-0.25, -0.2) is 19.3 Å². The van der Waals surface area contributed by atoms with Crippen molar-refractivity contribution in [1.82, 2.24) is 25.2 Å². The molecular formula is C20H16Br3ClN6O6. The molecule has 16 heteroatoms. The van der Waals surface area contributed by atoms with Crippen LogP contribution in [0.25, 0.3) is 5.82 Å². The number of aromatic nitrogens is 3. The molecule has 0 saturated heterocycles. The molecule has 3 aromatic rings. The van der Waals surface area contributed by atoms with Crippen molar-refractivity contribution in [2.45, 2.75) is 6.23 Å². The molecule has 2 heterocycles. The fraction of sp³-hybridized carbons (Fsp3) is 0.150. The molecule has 3 amide bonds. The molecule has 1 unspecified atom stereocenters. The average Bonchev–Trinajstić information content (AvgIpc) is 3.24. The summed E-state index contributed by atoms with van der Waals surface area (Å²) in [7, 11) is 2.09. The molecule has 0 aliphatic rings. The Kier molecular flexibility index (Phi) is 9.43. The normalized spacial score (nSPS) is 11.5. The van der Waals surface area contributed by atoms with Crippen molar-refractivity contribution < 1.29 is 29.0 Å². The summed E-state index contributed by atoms with van der Waals surface area (Å²) in [6, 6.07) is 7.77. The quantitative estimate of drug-likeness (QED) is 0.243. The van der Waals surface area contributed by atoms with Gasteiger partial charge in [-0.15, -0.1) is 5.01 Å². The number of imide groups is 1. The number of carbonyl (C=O) groups excluding carboxylic acids is 3. The third-order valence-corrected chi connectivity index (χ3v) is 6.20. The first kappa shape index (κ1) is 28.0. The maximum atomic E-state index is 13.3. The largest absolute Gasteiger partial charge is 0.451 e. The highest BCUT2D eigenvalue weighted by Crippen LogP contribution is 2.34. The van der Waals surface area contributed by atoms with Gasteiger partial charge in [-0.05, 0) is 56.1 Å². The van der Waals surface area contributed by atoms with Crippen molar-refractivity contribution in [1.29, 1.82) is 0 Å². The van der Waals surface area contributed by atoms with E-state index in [1.165, 1.54) is 23.0 Å². The van der Waals surface area contributed by atoms with Crippen LogP contribution in [0.2, 0.25) is 5.02 Å². The van der Waals surface area contributed by atoms with Crippen molar-refractivity contribution in [2.75, 3.05) is 19.5 Å². The third-order valence-electron chi connectivity index (χ3n) is 4.44. The molecule has 3 N–H and O–H groups in total. The van der Waals surface area contributed by atoms with Gasteiger partial charge in [-0.3, -0.25) is 4.79 Å². The van der Waals surface area contributed by atoms with Crippen molar-refractivity contribution in [2.24, 2.45) is 0 Å². The Morgan fingerprint density at radius 2 is 1.81 bits per heavy atom. The van der Waals surface area contributed by atoms with Gasteiger partial charge in [0.2, 0.25) is 0 Å².